The molecule has 8 heteroatoms. The van der Waals surface area contributed by atoms with Crippen molar-refractivity contribution in [2.75, 3.05) is 6.61 Å². The fourth-order valence-corrected chi connectivity index (χ4v) is 4.96. The van der Waals surface area contributed by atoms with Crippen molar-refractivity contribution in [2.45, 2.75) is 50.9 Å². The molecular formula is C28H30ClN3O4. The Morgan fingerprint density at radius 2 is 1.64 bits per heavy atom. The zero-order valence-corrected chi connectivity index (χ0v) is 21.0. The normalized spacial score (nSPS) is 20.6. The van der Waals surface area contributed by atoms with E-state index in [1.54, 1.807) is 19.9 Å². The summed E-state index contributed by atoms with van der Waals surface area (Å²) in [5.74, 6) is -0.0954. The van der Waals surface area contributed by atoms with Crippen molar-refractivity contribution in [3.63, 3.8) is 0 Å². The molecule has 1 aliphatic rings. The Bertz CT molecular complexity index is 1350. The molecule has 1 saturated carbocycles. The van der Waals surface area contributed by atoms with Crippen molar-refractivity contribution in [3.05, 3.63) is 65.2 Å². The second-order valence-corrected chi connectivity index (χ2v) is 10.4. The van der Waals surface area contributed by atoms with Gasteiger partial charge in [-0.3, -0.25) is 0 Å². The van der Waals surface area contributed by atoms with Crippen LogP contribution in [-0.4, -0.2) is 49.1 Å². The topological polar surface area (TPSA) is 111 Å². The molecule has 1 aliphatic carbocycles. The summed E-state index contributed by atoms with van der Waals surface area (Å²) in [6.45, 7) is 3.53. The average Bonchev–Trinajstić information content (AvgIpc) is 3.24. The van der Waals surface area contributed by atoms with Crippen molar-refractivity contribution < 1.29 is 20.1 Å². The lowest BCUT2D eigenvalue weighted by molar-refractivity contribution is -0.0113. The minimum absolute atomic E-state index is 0.0148. The molecule has 36 heavy (non-hydrogen) atoms. The summed E-state index contributed by atoms with van der Waals surface area (Å²) in [5.41, 5.74) is 4.76. The number of hydrogen-bond donors (Lipinski definition) is 4. The first kappa shape index (κ1) is 24.7. The fraction of sp³-hybridized carbons (Fsp3) is 0.357. The summed E-state index contributed by atoms with van der Waals surface area (Å²) < 4.78 is 5.98. The maximum atomic E-state index is 10.2. The fourth-order valence-electron chi connectivity index (χ4n) is 4.69. The predicted octanol–water partition coefficient (Wildman–Crippen LogP) is 5.07. The van der Waals surface area contributed by atoms with Crippen LogP contribution in [0.4, 0.5) is 0 Å². The molecule has 0 unspecified atom stereocenters. The molecule has 1 fully saturated rings. The number of aromatic nitrogens is 3. The quantitative estimate of drug-likeness (QED) is 0.290. The van der Waals surface area contributed by atoms with E-state index < -0.39 is 11.7 Å². The van der Waals surface area contributed by atoms with E-state index in [0.29, 0.717) is 40.7 Å². The highest BCUT2D eigenvalue weighted by Crippen LogP contribution is 2.33. The van der Waals surface area contributed by atoms with Gasteiger partial charge in [-0.25, -0.2) is 4.98 Å². The number of fused-ring (bicyclic) bond motifs is 1. The maximum Gasteiger partial charge on any atom is 0.296 e. The van der Waals surface area contributed by atoms with Crippen LogP contribution in [0.15, 0.2) is 54.6 Å². The van der Waals surface area contributed by atoms with E-state index in [-0.39, 0.29) is 18.6 Å². The van der Waals surface area contributed by atoms with Crippen LogP contribution in [0.2, 0.25) is 5.02 Å². The van der Waals surface area contributed by atoms with Gasteiger partial charge in [0.2, 0.25) is 0 Å². The summed E-state index contributed by atoms with van der Waals surface area (Å²) in [7, 11) is 0. The smallest absolute Gasteiger partial charge is 0.296 e. The number of ether oxygens (including phenoxy) is 1. The zero-order chi connectivity index (χ0) is 25.4. The van der Waals surface area contributed by atoms with Gasteiger partial charge in [-0.2, -0.15) is 4.98 Å². The molecule has 2 aromatic heterocycles. The van der Waals surface area contributed by atoms with Gasteiger partial charge >= 0.3 is 0 Å². The van der Waals surface area contributed by atoms with Gasteiger partial charge in [0, 0.05) is 24.5 Å². The lowest BCUT2D eigenvalue weighted by Crippen LogP contribution is -2.36. The third-order valence-corrected chi connectivity index (χ3v) is 7.20. The van der Waals surface area contributed by atoms with Crippen LogP contribution in [0.25, 0.3) is 33.5 Å². The van der Waals surface area contributed by atoms with Crippen LogP contribution in [0.5, 0.6) is 6.01 Å². The van der Waals surface area contributed by atoms with Gasteiger partial charge in [-0.15, -0.1) is 0 Å². The van der Waals surface area contributed by atoms with Crippen LogP contribution >= 0.6 is 11.6 Å². The molecule has 0 amide bonds. The molecule has 0 radical (unpaired) electrons. The number of benzene rings is 2. The number of aromatic amines is 1. The molecule has 2 aromatic carbocycles. The lowest BCUT2D eigenvalue weighted by Gasteiger charge is -2.31. The summed E-state index contributed by atoms with van der Waals surface area (Å²) in [5, 5.41) is 30.2. The molecule has 2 heterocycles. The summed E-state index contributed by atoms with van der Waals surface area (Å²) in [6, 6.07) is 18.0. The van der Waals surface area contributed by atoms with Gasteiger partial charge < -0.3 is 25.0 Å². The summed E-state index contributed by atoms with van der Waals surface area (Å²) in [4.78, 5) is 12.3. The second-order valence-electron chi connectivity index (χ2n) is 10.0. The van der Waals surface area contributed by atoms with Gasteiger partial charge in [-0.1, -0.05) is 60.1 Å². The van der Waals surface area contributed by atoms with Crippen molar-refractivity contribution >= 4 is 22.8 Å². The Morgan fingerprint density at radius 1 is 1.00 bits per heavy atom. The SMILES string of the molecule is CC(C)(O)c1ccc(-c2ccc(-c3nc4nc(O[C@H]5CC[C@H](CO)[C@@H](O)C5)[nH]c4cc3Cl)cc2)cc1. The first-order valence-corrected chi connectivity index (χ1v) is 12.5. The Labute approximate surface area is 214 Å². The molecule has 4 N–H and O–H groups in total. The van der Waals surface area contributed by atoms with Crippen molar-refractivity contribution in [2.24, 2.45) is 5.92 Å². The van der Waals surface area contributed by atoms with E-state index in [1.807, 2.05) is 48.5 Å². The number of rotatable bonds is 6. The van der Waals surface area contributed by atoms with Crippen molar-refractivity contribution in [1.29, 1.82) is 0 Å². The molecule has 4 aromatic rings. The lowest BCUT2D eigenvalue weighted by atomic mass is 9.85. The number of hydrogen-bond acceptors (Lipinski definition) is 6. The molecule has 7 nitrogen and oxygen atoms in total. The minimum atomic E-state index is -0.874. The molecule has 3 atom stereocenters. The molecule has 0 aliphatic heterocycles. The Morgan fingerprint density at radius 3 is 2.25 bits per heavy atom. The predicted molar refractivity (Wildman–Crippen MR) is 140 cm³/mol. The number of aliphatic hydroxyl groups excluding tert-OH is 2. The van der Waals surface area contributed by atoms with Gasteiger partial charge in [0.1, 0.15) is 6.10 Å². The second kappa shape index (κ2) is 9.82. The molecule has 0 spiro atoms. The molecule has 0 saturated heterocycles. The summed E-state index contributed by atoms with van der Waals surface area (Å²) >= 11 is 6.58. The Kier molecular flexibility index (Phi) is 6.74. The largest absolute Gasteiger partial charge is 0.461 e. The Balaban J connectivity index is 1.34. The number of nitrogens with one attached hydrogen (secondary N) is 1. The number of aliphatic hydroxyl groups is 3. The Hall–Kier alpha value is -2.97. The maximum absolute atomic E-state index is 10.2. The molecular weight excluding hydrogens is 478 g/mol. The third kappa shape index (κ3) is 5.11. The zero-order valence-electron chi connectivity index (χ0n) is 20.3. The van der Waals surface area contributed by atoms with Gasteiger partial charge in [0.15, 0.2) is 5.65 Å². The number of H-pyrrole nitrogens is 1. The van der Waals surface area contributed by atoms with E-state index in [9.17, 15) is 15.3 Å². The highest BCUT2D eigenvalue weighted by molar-refractivity contribution is 6.33. The van der Waals surface area contributed by atoms with Gasteiger partial charge in [0.25, 0.3) is 6.01 Å². The van der Waals surface area contributed by atoms with E-state index in [1.165, 1.54) is 0 Å². The first-order chi connectivity index (χ1) is 17.2. The van der Waals surface area contributed by atoms with E-state index in [0.717, 1.165) is 28.7 Å². The number of imidazole rings is 1. The summed E-state index contributed by atoms with van der Waals surface area (Å²) in [6.07, 6.45) is 1.14. The minimum Gasteiger partial charge on any atom is -0.461 e. The molecule has 5 rings (SSSR count). The van der Waals surface area contributed by atoms with Crippen LogP contribution in [0, 0.1) is 5.92 Å². The monoisotopic (exact) mass is 507 g/mol. The number of pyridine rings is 1. The van der Waals surface area contributed by atoms with Crippen LogP contribution in [-0.2, 0) is 5.60 Å². The standard InChI is InChI=1S/C28H30ClN3O4/c1-28(2,35)20-10-7-17(8-11-20)16-3-5-18(6-4-16)25-22(29)14-23-26(31-25)32-27(30-23)36-21-12-9-19(15-33)24(34)13-21/h3-8,10-11,14,19,21,24,33-35H,9,12-13,15H2,1-2H3,(H,30,31,32)/t19-,21+,24+/m1/s1. The van der Waals surface area contributed by atoms with Gasteiger partial charge in [0.05, 0.1) is 27.9 Å². The van der Waals surface area contributed by atoms with Crippen LogP contribution in [0.1, 0.15) is 38.7 Å². The van der Waals surface area contributed by atoms with Gasteiger partial charge in [-0.05, 0) is 49.4 Å². The molecule has 0 bridgehead atoms. The van der Waals surface area contributed by atoms with Crippen molar-refractivity contribution in [1.82, 2.24) is 15.0 Å². The van der Waals surface area contributed by atoms with E-state index in [2.05, 4.69) is 15.0 Å². The highest BCUT2D eigenvalue weighted by atomic mass is 35.5. The number of nitrogens with zero attached hydrogens (tertiary/aromatic N) is 2. The first-order valence-electron chi connectivity index (χ1n) is 12.2. The third-order valence-electron chi connectivity index (χ3n) is 6.91. The highest BCUT2D eigenvalue weighted by Gasteiger charge is 2.30. The molecule has 188 valence electrons. The van der Waals surface area contributed by atoms with E-state index >= 15 is 0 Å². The van der Waals surface area contributed by atoms with E-state index in [4.69, 9.17) is 16.3 Å². The van der Waals surface area contributed by atoms with Crippen LogP contribution < -0.4 is 4.74 Å². The van der Waals surface area contributed by atoms with Crippen LogP contribution in [0.3, 0.4) is 0 Å². The number of halogens is 1. The average molecular weight is 508 g/mol. The van der Waals surface area contributed by atoms with Crippen molar-refractivity contribution in [3.8, 4) is 28.4 Å².